The van der Waals surface area contributed by atoms with Gasteiger partial charge in [0.2, 0.25) is 11.8 Å². The highest BCUT2D eigenvalue weighted by atomic mass is 35.5. The number of anilines is 2. The normalized spacial score (nSPS) is 15.7. The van der Waals surface area contributed by atoms with Gasteiger partial charge in [0.05, 0.1) is 20.0 Å². The fourth-order valence-electron chi connectivity index (χ4n) is 5.48. The molecule has 0 unspecified atom stereocenters. The molecule has 2 fully saturated rings. The summed E-state index contributed by atoms with van der Waals surface area (Å²) in [5.41, 5.74) is 4.53. The number of benzene rings is 3. The van der Waals surface area contributed by atoms with Gasteiger partial charge in [0.15, 0.2) is 0 Å². The fourth-order valence-corrected chi connectivity index (χ4v) is 6.15. The Morgan fingerprint density at radius 1 is 0.805 bits per heavy atom. The second-order valence-electron chi connectivity index (χ2n) is 10.7. The lowest BCUT2D eigenvalue weighted by atomic mass is 10.1. The molecule has 216 valence electrons. The lowest BCUT2D eigenvalue weighted by Gasteiger charge is -2.36. The molecule has 2 aliphatic rings. The average molecular weight is 596 g/mol. The number of hydrogen-bond acceptors (Lipinski definition) is 5. The molecule has 5 rings (SSSR count). The Balaban J connectivity index is 1.09. The number of rotatable bonds is 9. The van der Waals surface area contributed by atoms with Crippen molar-refractivity contribution in [2.24, 2.45) is 0 Å². The molecule has 9 heteroatoms. The van der Waals surface area contributed by atoms with Crippen LogP contribution < -0.4 is 15.0 Å². The summed E-state index contributed by atoms with van der Waals surface area (Å²) in [6.45, 7) is 5.76. The minimum absolute atomic E-state index is 0.0377. The summed E-state index contributed by atoms with van der Waals surface area (Å²) in [5.74, 6) is 0.730. The van der Waals surface area contributed by atoms with E-state index in [2.05, 4.69) is 15.1 Å². The quantitative estimate of drug-likeness (QED) is 0.346. The second-order valence-corrected chi connectivity index (χ2v) is 11.5. The molecule has 7 nitrogen and oxygen atoms in total. The van der Waals surface area contributed by atoms with Gasteiger partial charge >= 0.3 is 0 Å². The molecule has 0 bridgehead atoms. The first-order valence-corrected chi connectivity index (χ1v) is 14.9. The van der Waals surface area contributed by atoms with Gasteiger partial charge in [-0.1, -0.05) is 35.3 Å². The summed E-state index contributed by atoms with van der Waals surface area (Å²) in [6, 6.07) is 19.2. The smallest absolute Gasteiger partial charge is 0.228 e. The van der Waals surface area contributed by atoms with Crippen LogP contribution in [0.25, 0.3) is 0 Å². The summed E-state index contributed by atoms with van der Waals surface area (Å²) in [5, 5.41) is 4.09. The summed E-state index contributed by atoms with van der Waals surface area (Å²) in [4.78, 5) is 32.1. The molecule has 0 aliphatic carbocycles. The third-order valence-electron chi connectivity index (χ3n) is 7.81. The van der Waals surface area contributed by atoms with E-state index in [1.807, 2.05) is 65.6 Å². The first-order valence-electron chi connectivity index (χ1n) is 14.1. The molecule has 3 aromatic carbocycles. The predicted octanol–water partition coefficient (Wildman–Crippen LogP) is 5.67. The van der Waals surface area contributed by atoms with Crippen molar-refractivity contribution in [2.75, 3.05) is 56.6 Å². The summed E-state index contributed by atoms with van der Waals surface area (Å²) in [7, 11) is 1.62. The number of amides is 2. The Labute approximate surface area is 252 Å². The minimum Gasteiger partial charge on any atom is -0.497 e. The molecular weight excluding hydrogens is 559 g/mol. The van der Waals surface area contributed by atoms with E-state index in [1.54, 1.807) is 7.11 Å². The van der Waals surface area contributed by atoms with Crippen LogP contribution in [0.15, 0.2) is 60.7 Å². The van der Waals surface area contributed by atoms with E-state index in [-0.39, 0.29) is 18.2 Å². The molecule has 0 spiro atoms. The number of nitrogens with one attached hydrogen (secondary N) is 1. The Hall–Kier alpha value is -3.26. The zero-order chi connectivity index (χ0) is 28.8. The zero-order valence-corrected chi connectivity index (χ0v) is 24.9. The number of piperazine rings is 1. The monoisotopic (exact) mass is 594 g/mol. The predicted molar refractivity (Wildman–Crippen MR) is 165 cm³/mol. The topological polar surface area (TPSA) is 65.1 Å². The van der Waals surface area contributed by atoms with E-state index in [9.17, 15) is 9.59 Å². The van der Waals surface area contributed by atoms with Gasteiger partial charge in [0.1, 0.15) is 5.75 Å². The van der Waals surface area contributed by atoms with E-state index in [0.29, 0.717) is 35.1 Å². The lowest BCUT2D eigenvalue weighted by Crippen LogP contribution is -2.49. The van der Waals surface area contributed by atoms with Crippen molar-refractivity contribution in [2.45, 2.75) is 32.2 Å². The Morgan fingerprint density at radius 3 is 2.05 bits per heavy atom. The van der Waals surface area contributed by atoms with Crippen LogP contribution in [0.1, 0.15) is 29.5 Å². The highest BCUT2D eigenvalue weighted by Gasteiger charge is 2.23. The Morgan fingerprint density at radius 2 is 1.44 bits per heavy atom. The van der Waals surface area contributed by atoms with Crippen LogP contribution in [-0.2, 0) is 29.0 Å². The first kappa shape index (κ1) is 29.2. The number of carbonyl (C=O) groups is 2. The highest BCUT2D eigenvalue weighted by molar-refractivity contribution is 6.36. The minimum atomic E-state index is -0.0727. The molecule has 2 aliphatic heterocycles. The van der Waals surface area contributed by atoms with Crippen LogP contribution in [0.4, 0.5) is 11.4 Å². The number of ether oxygens (including phenoxy) is 1. The van der Waals surface area contributed by atoms with Crippen molar-refractivity contribution in [3.05, 3.63) is 87.4 Å². The number of nitrogens with zero attached hydrogens (tertiary/aromatic N) is 3. The fraction of sp³-hybridized carbons (Fsp3) is 0.375. The number of carbonyl (C=O) groups excluding carboxylic acids is 2. The van der Waals surface area contributed by atoms with Gasteiger partial charge in [-0.25, -0.2) is 0 Å². The SMILES string of the molecule is COc1ccc(CC(=O)Nc2ccc(N3CCN(C(=O)Cc4c(Cl)cc(CN5CCCC5)cc4Cl)CC3)cc2)cc1. The van der Waals surface area contributed by atoms with Crippen molar-refractivity contribution in [1.82, 2.24) is 9.80 Å². The standard InChI is InChI=1S/C32H36Cl2N4O3/c1-41-27-10-4-23(5-11-27)20-31(39)35-25-6-8-26(9-7-25)37-14-16-38(17-15-37)32(40)21-28-29(33)18-24(19-30(28)34)22-36-12-2-3-13-36/h4-11,18-19H,2-3,12-17,20-22H2,1H3,(H,35,39). The molecule has 0 radical (unpaired) electrons. The van der Waals surface area contributed by atoms with Gasteiger partial charge in [-0.2, -0.15) is 0 Å². The maximum atomic E-state index is 13.1. The van der Waals surface area contributed by atoms with Crippen LogP contribution in [0.3, 0.4) is 0 Å². The summed E-state index contributed by atoms with van der Waals surface area (Å²) >= 11 is 13.2. The van der Waals surface area contributed by atoms with E-state index in [4.69, 9.17) is 27.9 Å². The third kappa shape index (κ3) is 7.73. The molecule has 0 aromatic heterocycles. The number of methoxy groups -OCH3 is 1. The van der Waals surface area contributed by atoms with Gasteiger partial charge in [0, 0.05) is 54.1 Å². The van der Waals surface area contributed by atoms with E-state index >= 15 is 0 Å². The highest BCUT2D eigenvalue weighted by Crippen LogP contribution is 2.29. The Kier molecular flexibility index (Phi) is 9.70. The van der Waals surface area contributed by atoms with E-state index < -0.39 is 0 Å². The molecule has 41 heavy (non-hydrogen) atoms. The molecule has 0 atom stereocenters. The van der Waals surface area contributed by atoms with E-state index in [1.165, 1.54) is 12.8 Å². The van der Waals surface area contributed by atoms with Crippen LogP contribution >= 0.6 is 23.2 Å². The van der Waals surface area contributed by atoms with Gasteiger partial charge in [-0.05, 0) is 91.2 Å². The van der Waals surface area contributed by atoms with Crippen LogP contribution in [0.2, 0.25) is 10.0 Å². The Bertz CT molecular complexity index is 1330. The second kappa shape index (κ2) is 13.6. The molecule has 2 heterocycles. The first-order chi connectivity index (χ1) is 19.9. The molecule has 3 aromatic rings. The summed E-state index contributed by atoms with van der Waals surface area (Å²) < 4.78 is 5.17. The van der Waals surface area contributed by atoms with Gasteiger partial charge in [-0.15, -0.1) is 0 Å². The summed E-state index contributed by atoms with van der Waals surface area (Å²) in [6.07, 6.45) is 2.96. The molecule has 0 saturated carbocycles. The average Bonchev–Trinajstić information content (AvgIpc) is 3.49. The maximum Gasteiger partial charge on any atom is 0.228 e. The molecule has 1 N–H and O–H groups in total. The maximum absolute atomic E-state index is 13.1. The molecular formula is C32H36Cl2N4O3. The van der Waals surface area contributed by atoms with Crippen molar-refractivity contribution < 1.29 is 14.3 Å². The zero-order valence-electron chi connectivity index (χ0n) is 23.4. The third-order valence-corrected chi connectivity index (χ3v) is 8.48. The molecule has 2 amide bonds. The van der Waals surface area contributed by atoms with Gasteiger partial charge in [0.25, 0.3) is 0 Å². The van der Waals surface area contributed by atoms with Crippen molar-refractivity contribution in [3.63, 3.8) is 0 Å². The largest absolute Gasteiger partial charge is 0.497 e. The van der Waals surface area contributed by atoms with Crippen molar-refractivity contribution in [1.29, 1.82) is 0 Å². The molecule has 2 saturated heterocycles. The van der Waals surface area contributed by atoms with E-state index in [0.717, 1.165) is 61.0 Å². The van der Waals surface area contributed by atoms with Crippen LogP contribution in [-0.4, -0.2) is 68.0 Å². The number of likely N-dealkylation sites (tertiary alicyclic amines) is 1. The van der Waals surface area contributed by atoms with Crippen LogP contribution in [0.5, 0.6) is 5.75 Å². The van der Waals surface area contributed by atoms with Crippen molar-refractivity contribution in [3.8, 4) is 5.75 Å². The number of halogens is 2. The van der Waals surface area contributed by atoms with Gasteiger partial charge < -0.3 is 19.9 Å². The van der Waals surface area contributed by atoms with Crippen molar-refractivity contribution >= 4 is 46.4 Å². The van der Waals surface area contributed by atoms with Gasteiger partial charge in [-0.3, -0.25) is 14.5 Å². The van der Waals surface area contributed by atoms with Crippen LogP contribution in [0, 0.1) is 0 Å². The number of hydrogen-bond donors (Lipinski definition) is 1. The lowest BCUT2D eigenvalue weighted by molar-refractivity contribution is -0.130.